The number of nitrogens with one attached hydrogen (secondary N) is 1. The fourth-order valence-electron chi connectivity index (χ4n) is 2.56. The fourth-order valence-corrected chi connectivity index (χ4v) is 3.55. The van der Waals surface area contributed by atoms with Gasteiger partial charge < -0.3 is 15.1 Å². The maximum atomic E-state index is 12.3. The molecule has 1 fully saturated rings. The minimum absolute atomic E-state index is 0.100. The smallest absolute Gasteiger partial charge is 0.317 e. The number of carbonyl (C=O) groups is 2. The molecule has 8 nitrogen and oxygen atoms in total. The lowest BCUT2D eigenvalue weighted by Gasteiger charge is -2.35. The van der Waals surface area contributed by atoms with Gasteiger partial charge in [0.2, 0.25) is 0 Å². The van der Waals surface area contributed by atoms with Gasteiger partial charge in [-0.2, -0.15) is 0 Å². The minimum atomic E-state index is -3.14. The third-order valence-corrected chi connectivity index (χ3v) is 4.77. The van der Waals surface area contributed by atoms with Crippen LogP contribution in [0.1, 0.15) is 17.4 Å². The summed E-state index contributed by atoms with van der Waals surface area (Å²) in [5, 5.41) is 2.67. The van der Waals surface area contributed by atoms with E-state index in [0.29, 0.717) is 31.9 Å². The van der Waals surface area contributed by atoms with Crippen molar-refractivity contribution >= 4 is 21.8 Å². The summed E-state index contributed by atoms with van der Waals surface area (Å²) >= 11 is 0. The quantitative estimate of drug-likeness (QED) is 0.819. The van der Waals surface area contributed by atoms with Gasteiger partial charge in [0.1, 0.15) is 15.5 Å². The molecule has 0 bridgehead atoms. The number of aromatic nitrogens is 1. The van der Waals surface area contributed by atoms with Crippen LogP contribution in [-0.2, 0) is 9.84 Å². The second kappa shape index (κ2) is 7.61. The van der Waals surface area contributed by atoms with E-state index in [1.165, 1.54) is 0 Å². The number of urea groups is 1. The fraction of sp³-hybridized carbons (Fsp3) is 0.533. The second-order valence-electron chi connectivity index (χ2n) is 5.94. The first-order chi connectivity index (χ1) is 11.3. The first-order valence-corrected chi connectivity index (χ1v) is 9.76. The van der Waals surface area contributed by atoms with Gasteiger partial charge in [0.05, 0.1) is 5.75 Å². The van der Waals surface area contributed by atoms with Crippen LogP contribution in [0.15, 0.2) is 24.4 Å². The Morgan fingerprint density at radius 1 is 1.21 bits per heavy atom. The Kier molecular flexibility index (Phi) is 5.76. The van der Waals surface area contributed by atoms with Crippen LogP contribution < -0.4 is 5.32 Å². The molecule has 0 spiro atoms. The molecule has 0 aliphatic carbocycles. The average molecular weight is 354 g/mol. The van der Waals surface area contributed by atoms with E-state index < -0.39 is 15.9 Å². The van der Waals surface area contributed by atoms with Gasteiger partial charge in [-0.25, -0.2) is 13.2 Å². The summed E-state index contributed by atoms with van der Waals surface area (Å²) < 4.78 is 22.5. The Hall–Kier alpha value is -2.16. The van der Waals surface area contributed by atoms with E-state index in [-0.39, 0.29) is 17.7 Å². The predicted octanol–water partition coefficient (Wildman–Crippen LogP) is -0.0179. The van der Waals surface area contributed by atoms with Crippen LogP contribution in [0.5, 0.6) is 0 Å². The molecule has 9 heteroatoms. The zero-order chi connectivity index (χ0) is 17.7. The molecule has 132 valence electrons. The van der Waals surface area contributed by atoms with Crippen molar-refractivity contribution in [3.05, 3.63) is 30.1 Å². The van der Waals surface area contributed by atoms with Crippen molar-refractivity contribution in [1.29, 1.82) is 0 Å². The zero-order valence-corrected chi connectivity index (χ0v) is 14.6. The summed E-state index contributed by atoms with van der Waals surface area (Å²) in [6.07, 6.45) is 2.71. The number of rotatable bonds is 4. The van der Waals surface area contributed by atoms with Crippen molar-refractivity contribution in [1.82, 2.24) is 20.1 Å². The summed E-state index contributed by atoms with van der Waals surface area (Å²) in [5.74, 6) is -0.252. The average Bonchev–Trinajstić information content (AvgIpc) is 2.53. The van der Waals surface area contributed by atoms with Crippen LogP contribution >= 0.6 is 0 Å². The van der Waals surface area contributed by atoms with E-state index in [9.17, 15) is 18.0 Å². The number of hydrogen-bond acceptors (Lipinski definition) is 5. The first kappa shape index (κ1) is 18.2. The van der Waals surface area contributed by atoms with Crippen LogP contribution in [0.4, 0.5) is 4.79 Å². The molecule has 1 aromatic heterocycles. The first-order valence-electron chi connectivity index (χ1n) is 7.70. The molecule has 1 aromatic rings. The van der Waals surface area contributed by atoms with Crippen molar-refractivity contribution in [2.24, 2.45) is 0 Å². The van der Waals surface area contributed by atoms with Gasteiger partial charge in [-0.15, -0.1) is 0 Å². The molecule has 1 N–H and O–H groups in total. The summed E-state index contributed by atoms with van der Waals surface area (Å²) in [7, 11) is -3.14. The Labute approximate surface area is 141 Å². The molecule has 1 aliphatic rings. The summed E-state index contributed by atoms with van der Waals surface area (Å²) in [6.45, 7) is 3.29. The molecular weight excluding hydrogens is 332 g/mol. The minimum Gasteiger partial charge on any atom is -0.335 e. The maximum absolute atomic E-state index is 12.3. The lowest BCUT2D eigenvalue weighted by molar-refractivity contribution is 0.0658. The topological polar surface area (TPSA) is 99.7 Å². The highest BCUT2D eigenvalue weighted by Crippen LogP contribution is 2.07. The number of carbonyl (C=O) groups excluding carboxylic acids is 2. The SMILES string of the molecule is CC(CS(C)(=O)=O)NC(=O)N1CCN(C(=O)c2ccccn2)CC1. The monoisotopic (exact) mass is 354 g/mol. The maximum Gasteiger partial charge on any atom is 0.317 e. The Balaban J connectivity index is 1.84. The normalized spacial score (nSPS) is 16.6. The van der Waals surface area contributed by atoms with Crippen molar-refractivity contribution in [3.63, 3.8) is 0 Å². The third kappa shape index (κ3) is 5.19. The van der Waals surface area contributed by atoms with Crippen LogP contribution in [0, 0.1) is 0 Å². The molecule has 0 aromatic carbocycles. The molecule has 1 atom stereocenters. The molecule has 1 aliphatic heterocycles. The third-order valence-electron chi connectivity index (χ3n) is 3.66. The van der Waals surface area contributed by atoms with Gasteiger partial charge in [-0.3, -0.25) is 9.78 Å². The number of hydrogen-bond donors (Lipinski definition) is 1. The van der Waals surface area contributed by atoms with Crippen LogP contribution in [-0.4, -0.2) is 79.4 Å². The van der Waals surface area contributed by atoms with Crippen molar-refractivity contribution in [2.75, 3.05) is 38.2 Å². The highest BCUT2D eigenvalue weighted by Gasteiger charge is 2.26. The Bertz CT molecular complexity index is 685. The highest BCUT2D eigenvalue weighted by atomic mass is 32.2. The predicted molar refractivity (Wildman–Crippen MR) is 89.4 cm³/mol. The molecule has 3 amide bonds. The lowest BCUT2D eigenvalue weighted by atomic mass is 10.2. The van der Waals surface area contributed by atoms with Crippen molar-refractivity contribution in [3.8, 4) is 0 Å². The van der Waals surface area contributed by atoms with E-state index >= 15 is 0 Å². The van der Waals surface area contributed by atoms with Crippen LogP contribution in [0.25, 0.3) is 0 Å². The number of amides is 3. The molecule has 0 saturated carbocycles. The second-order valence-corrected chi connectivity index (χ2v) is 8.12. The zero-order valence-electron chi connectivity index (χ0n) is 13.8. The van der Waals surface area contributed by atoms with Gasteiger partial charge in [0.15, 0.2) is 0 Å². The van der Waals surface area contributed by atoms with Gasteiger partial charge in [0, 0.05) is 44.7 Å². The molecular formula is C15H22N4O4S. The number of pyridine rings is 1. The summed E-state index contributed by atoms with van der Waals surface area (Å²) in [4.78, 5) is 31.7. The molecule has 2 heterocycles. The van der Waals surface area contributed by atoms with E-state index in [0.717, 1.165) is 6.26 Å². The summed E-state index contributed by atoms with van der Waals surface area (Å²) in [5.41, 5.74) is 0.386. The van der Waals surface area contributed by atoms with E-state index in [2.05, 4.69) is 10.3 Å². The van der Waals surface area contributed by atoms with E-state index in [1.807, 2.05) is 0 Å². The standard InChI is InChI=1S/C15H22N4O4S/c1-12(11-24(2,22)23)17-15(21)19-9-7-18(8-10-19)14(20)13-5-3-4-6-16-13/h3-6,12H,7-11H2,1-2H3,(H,17,21). The number of piperazine rings is 1. The summed E-state index contributed by atoms with van der Waals surface area (Å²) in [6, 6.07) is 4.40. The number of nitrogens with zero attached hydrogens (tertiary/aromatic N) is 3. The molecule has 1 saturated heterocycles. The molecule has 0 radical (unpaired) electrons. The van der Waals surface area contributed by atoms with E-state index in [4.69, 9.17) is 0 Å². The van der Waals surface area contributed by atoms with Gasteiger partial charge in [-0.1, -0.05) is 6.07 Å². The van der Waals surface area contributed by atoms with Gasteiger partial charge >= 0.3 is 6.03 Å². The number of sulfone groups is 1. The lowest BCUT2D eigenvalue weighted by Crippen LogP contribution is -2.54. The Morgan fingerprint density at radius 2 is 1.83 bits per heavy atom. The molecule has 1 unspecified atom stereocenters. The molecule has 2 rings (SSSR count). The van der Waals surface area contributed by atoms with Gasteiger partial charge in [0.25, 0.3) is 5.91 Å². The van der Waals surface area contributed by atoms with Gasteiger partial charge in [-0.05, 0) is 19.1 Å². The Morgan fingerprint density at radius 3 is 2.38 bits per heavy atom. The van der Waals surface area contributed by atoms with Crippen molar-refractivity contribution in [2.45, 2.75) is 13.0 Å². The molecule has 24 heavy (non-hydrogen) atoms. The van der Waals surface area contributed by atoms with E-state index in [1.54, 1.807) is 41.1 Å². The van der Waals surface area contributed by atoms with Crippen LogP contribution in [0.2, 0.25) is 0 Å². The van der Waals surface area contributed by atoms with Crippen LogP contribution in [0.3, 0.4) is 0 Å². The van der Waals surface area contributed by atoms with Crippen molar-refractivity contribution < 1.29 is 18.0 Å². The largest absolute Gasteiger partial charge is 0.335 e. The highest BCUT2D eigenvalue weighted by molar-refractivity contribution is 7.90.